The van der Waals surface area contributed by atoms with Gasteiger partial charge in [-0.05, 0) is 40.5 Å². The summed E-state index contributed by atoms with van der Waals surface area (Å²) in [7, 11) is 0. The van der Waals surface area contributed by atoms with Crippen LogP contribution in [0.15, 0.2) is 36.6 Å². The van der Waals surface area contributed by atoms with Crippen molar-refractivity contribution >= 4 is 40.4 Å². The molecule has 9 heteroatoms. The first-order valence-corrected chi connectivity index (χ1v) is 10.4. The van der Waals surface area contributed by atoms with Gasteiger partial charge in [-0.2, -0.15) is 13.2 Å². The Morgan fingerprint density at radius 3 is 2.30 bits per heavy atom. The van der Waals surface area contributed by atoms with Crippen molar-refractivity contribution in [2.24, 2.45) is 0 Å². The number of fused-ring (bicyclic) bond motifs is 2. The summed E-state index contributed by atoms with van der Waals surface area (Å²) in [6.45, 7) is 1.91. The second-order valence-corrected chi connectivity index (χ2v) is 8.97. The van der Waals surface area contributed by atoms with E-state index in [4.69, 9.17) is 44.3 Å². The lowest BCUT2D eigenvalue weighted by molar-refractivity contribution is -0.260. The van der Waals surface area contributed by atoms with Gasteiger partial charge in [0, 0.05) is 25.1 Å². The van der Waals surface area contributed by atoms with E-state index in [0.717, 1.165) is 36.3 Å². The molecule has 3 heterocycles. The molecule has 158 valence electrons. The van der Waals surface area contributed by atoms with E-state index < -0.39 is 18.2 Å². The van der Waals surface area contributed by atoms with Crippen molar-refractivity contribution < 1.29 is 22.6 Å². The van der Waals surface area contributed by atoms with E-state index >= 15 is 0 Å². The number of rotatable bonds is 2. The van der Waals surface area contributed by atoms with Gasteiger partial charge >= 0.3 is 6.18 Å². The molecule has 1 fully saturated rings. The van der Waals surface area contributed by atoms with Crippen molar-refractivity contribution in [3.8, 4) is 0 Å². The highest BCUT2D eigenvalue weighted by molar-refractivity contribution is 6.48. The minimum atomic E-state index is -4.70. The maximum Gasteiger partial charge on any atom is 0.432 e. The van der Waals surface area contributed by atoms with E-state index in [9.17, 15) is 13.2 Å². The van der Waals surface area contributed by atoms with Gasteiger partial charge < -0.3 is 14.8 Å². The molecular formula is C21H15Cl3F3NO2. The Hall–Kier alpha value is -1.44. The lowest BCUT2D eigenvalue weighted by atomic mass is 9.83. The summed E-state index contributed by atoms with van der Waals surface area (Å²) in [5.74, 6) is 0. The summed E-state index contributed by atoms with van der Waals surface area (Å²) < 4.78 is 53.9. The number of alkyl halides is 3. The lowest BCUT2D eigenvalue weighted by Crippen LogP contribution is -2.56. The van der Waals surface area contributed by atoms with E-state index in [-0.39, 0.29) is 26.2 Å². The van der Waals surface area contributed by atoms with Crippen molar-refractivity contribution in [2.45, 2.75) is 30.4 Å². The summed E-state index contributed by atoms with van der Waals surface area (Å²) >= 11 is 17.9. The Labute approximate surface area is 185 Å². The number of nitrogens with one attached hydrogen (secondary N) is 1. The normalized spacial score (nSPS) is 24.4. The summed E-state index contributed by atoms with van der Waals surface area (Å²) in [5, 5.41) is 3.08. The van der Waals surface area contributed by atoms with Crippen molar-refractivity contribution in [2.75, 3.05) is 13.1 Å². The van der Waals surface area contributed by atoms with Crippen LogP contribution < -0.4 is 5.32 Å². The minimum Gasteiger partial charge on any atom is -0.480 e. The molecule has 1 unspecified atom stereocenters. The van der Waals surface area contributed by atoms with Crippen LogP contribution in [-0.2, 0) is 27.3 Å². The molecule has 1 atom stereocenters. The SMILES string of the molecule is FC(F)(F)C1(c2cc(Cl)c(Cl)c(Cl)c2)CC(c2ccc3c(c2)COC32CNC2)=CO1. The van der Waals surface area contributed by atoms with E-state index in [0.29, 0.717) is 17.7 Å². The third-order valence-electron chi connectivity index (χ3n) is 6.04. The zero-order chi connectivity index (χ0) is 21.3. The highest BCUT2D eigenvalue weighted by Gasteiger charge is 2.60. The van der Waals surface area contributed by atoms with Crippen LogP contribution in [0.4, 0.5) is 13.2 Å². The van der Waals surface area contributed by atoms with Crippen LogP contribution in [0.1, 0.15) is 28.7 Å². The summed E-state index contributed by atoms with van der Waals surface area (Å²) in [4.78, 5) is 0. The van der Waals surface area contributed by atoms with Crippen LogP contribution in [0.2, 0.25) is 15.1 Å². The van der Waals surface area contributed by atoms with Crippen LogP contribution in [0.3, 0.4) is 0 Å². The molecule has 0 aromatic heterocycles. The Kier molecular flexibility index (Phi) is 4.62. The van der Waals surface area contributed by atoms with E-state index in [2.05, 4.69) is 5.32 Å². The number of ether oxygens (including phenoxy) is 2. The molecular weight excluding hydrogens is 462 g/mol. The lowest BCUT2D eigenvalue weighted by Gasteiger charge is -2.39. The molecule has 1 N–H and O–H groups in total. The Bertz CT molecular complexity index is 1060. The summed E-state index contributed by atoms with van der Waals surface area (Å²) in [5.41, 5.74) is 0.0870. The summed E-state index contributed by atoms with van der Waals surface area (Å²) in [6.07, 6.45) is -3.94. The molecule has 2 aromatic rings. The number of benzene rings is 2. The third-order valence-corrected chi connectivity index (χ3v) is 7.24. The van der Waals surface area contributed by atoms with Gasteiger partial charge in [0.05, 0.1) is 27.9 Å². The van der Waals surface area contributed by atoms with Gasteiger partial charge in [0.2, 0.25) is 5.60 Å². The van der Waals surface area contributed by atoms with Crippen molar-refractivity contribution in [1.29, 1.82) is 0 Å². The van der Waals surface area contributed by atoms with Gasteiger partial charge in [-0.3, -0.25) is 0 Å². The standard InChI is InChI=1S/C21H15Cl3F3NO2/c22-16-4-14(5-17(23)18(16)24)20(21(25,26)27)6-13(8-30-20)11-1-2-15-12(3-11)7-29-19(15)9-28-10-19/h1-5,8,28H,6-7,9-10H2. The van der Waals surface area contributed by atoms with E-state index in [1.54, 1.807) is 0 Å². The fraction of sp³-hybridized carbons (Fsp3) is 0.333. The third kappa shape index (κ3) is 2.88. The summed E-state index contributed by atoms with van der Waals surface area (Å²) in [6, 6.07) is 7.94. The molecule has 3 aliphatic rings. The first-order chi connectivity index (χ1) is 14.2. The first kappa shape index (κ1) is 20.5. The zero-order valence-corrected chi connectivity index (χ0v) is 17.6. The maximum absolute atomic E-state index is 14.2. The minimum absolute atomic E-state index is 0.00335. The van der Waals surface area contributed by atoms with Gasteiger partial charge in [0.15, 0.2) is 0 Å². The van der Waals surface area contributed by atoms with Crippen LogP contribution in [0, 0.1) is 0 Å². The number of hydrogen-bond donors (Lipinski definition) is 1. The van der Waals surface area contributed by atoms with Gasteiger partial charge in [-0.25, -0.2) is 0 Å². The molecule has 3 aliphatic heterocycles. The van der Waals surface area contributed by atoms with Crippen LogP contribution in [-0.4, -0.2) is 19.3 Å². The molecule has 3 nitrogen and oxygen atoms in total. The van der Waals surface area contributed by atoms with Gasteiger partial charge in [0.1, 0.15) is 5.60 Å². The van der Waals surface area contributed by atoms with Gasteiger partial charge in [-0.1, -0.05) is 46.9 Å². The molecule has 1 spiro atoms. The largest absolute Gasteiger partial charge is 0.480 e. The molecule has 0 amide bonds. The number of hydrogen-bond acceptors (Lipinski definition) is 3. The average molecular weight is 477 g/mol. The van der Waals surface area contributed by atoms with Crippen molar-refractivity contribution in [1.82, 2.24) is 5.32 Å². The second kappa shape index (κ2) is 6.78. The Morgan fingerprint density at radius 2 is 1.70 bits per heavy atom. The topological polar surface area (TPSA) is 30.5 Å². The predicted octanol–water partition coefficient (Wildman–Crippen LogP) is 6.19. The van der Waals surface area contributed by atoms with E-state index in [1.165, 1.54) is 6.26 Å². The van der Waals surface area contributed by atoms with Crippen molar-refractivity contribution in [3.63, 3.8) is 0 Å². The molecule has 5 rings (SSSR count). The van der Waals surface area contributed by atoms with Gasteiger partial charge in [0.25, 0.3) is 0 Å². The Balaban J connectivity index is 1.51. The molecule has 2 aromatic carbocycles. The molecule has 0 radical (unpaired) electrons. The van der Waals surface area contributed by atoms with Gasteiger partial charge in [-0.15, -0.1) is 0 Å². The van der Waals surface area contributed by atoms with E-state index in [1.807, 2.05) is 18.2 Å². The fourth-order valence-electron chi connectivity index (χ4n) is 4.28. The van der Waals surface area contributed by atoms with Crippen LogP contribution in [0.25, 0.3) is 5.57 Å². The quantitative estimate of drug-likeness (QED) is 0.524. The average Bonchev–Trinajstić information content (AvgIpc) is 3.27. The monoisotopic (exact) mass is 475 g/mol. The van der Waals surface area contributed by atoms with Crippen molar-refractivity contribution in [3.05, 3.63) is 73.9 Å². The molecule has 0 saturated carbocycles. The number of halogens is 6. The zero-order valence-electron chi connectivity index (χ0n) is 15.4. The first-order valence-electron chi connectivity index (χ1n) is 9.22. The molecule has 1 saturated heterocycles. The molecule has 0 aliphatic carbocycles. The Morgan fingerprint density at radius 1 is 1.00 bits per heavy atom. The second-order valence-electron chi connectivity index (χ2n) is 7.77. The fourth-order valence-corrected chi connectivity index (χ4v) is 4.87. The highest BCUT2D eigenvalue weighted by atomic mass is 35.5. The van der Waals surface area contributed by atoms with Crippen LogP contribution >= 0.6 is 34.8 Å². The smallest absolute Gasteiger partial charge is 0.432 e. The maximum atomic E-state index is 14.2. The molecule has 30 heavy (non-hydrogen) atoms. The highest BCUT2D eigenvalue weighted by Crippen LogP contribution is 2.53. The predicted molar refractivity (Wildman–Crippen MR) is 109 cm³/mol. The molecule has 0 bridgehead atoms. The van der Waals surface area contributed by atoms with Crippen LogP contribution in [0.5, 0.6) is 0 Å².